The van der Waals surface area contributed by atoms with E-state index in [2.05, 4.69) is 5.10 Å². The molecule has 2 N–H and O–H groups in total. The van der Waals surface area contributed by atoms with E-state index >= 15 is 0 Å². The highest BCUT2D eigenvalue weighted by atomic mass is 32.2. The fourth-order valence-corrected chi connectivity index (χ4v) is 2.94. The van der Waals surface area contributed by atoms with Gasteiger partial charge in [0.15, 0.2) is 10.7 Å². The molecule has 0 radical (unpaired) electrons. The van der Waals surface area contributed by atoms with E-state index in [1.54, 1.807) is 20.8 Å². The van der Waals surface area contributed by atoms with E-state index in [0.29, 0.717) is 26.1 Å². The quantitative estimate of drug-likeness (QED) is 0.821. The first kappa shape index (κ1) is 16.9. The zero-order valence-electron chi connectivity index (χ0n) is 12.9. The van der Waals surface area contributed by atoms with Crippen LogP contribution in [0, 0.1) is 0 Å². The number of hydrogen-bond acceptors (Lipinski definition) is 6. The van der Waals surface area contributed by atoms with Crippen LogP contribution < -0.4 is 5.14 Å². The summed E-state index contributed by atoms with van der Waals surface area (Å²) in [5.74, 6) is -0.678. The maximum absolute atomic E-state index is 12.1. The molecular formula is C13H21N3O5S. The van der Waals surface area contributed by atoms with Gasteiger partial charge in [0.25, 0.3) is 10.0 Å². The Bertz CT molecular complexity index is 654. The zero-order valence-corrected chi connectivity index (χ0v) is 13.7. The maximum Gasteiger partial charge on any atom is 0.359 e. The van der Waals surface area contributed by atoms with E-state index in [9.17, 15) is 13.2 Å². The predicted octanol–water partition coefficient (Wildman–Crippen LogP) is 0.837. The molecule has 0 unspecified atom stereocenters. The van der Waals surface area contributed by atoms with E-state index in [1.807, 2.05) is 0 Å². The standard InChI is InChI=1S/C13H21N3O5S/c1-13(2,3)21-12(17)10-8-11(22(14,18)19)16(15-10)9-4-6-20-7-5-9/h8-9H,4-7H2,1-3H3,(H2,14,18,19). The first-order valence-electron chi connectivity index (χ1n) is 7.01. The SMILES string of the molecule is CC(C)(C)OC(=O)c1cc(S(N)(=O)=O)n(C2CCOCC2)n1. The van der Waals surface area contributed by atoms with Crippen molar-refractivity contribution < 1.29 is 22.7 Å². The Balaban J connectivity index is 2.38. The second-order valence-electron chi connectivity index (χ2n) is 6.20. The molecule has 8 nitrogen and oxygen atoms in total. The van der Waals surface area contributed by atoms with Crippen LogP contribution >= 0.6 is 0 Å². The molecule has 1 aromatic heterocycles. The lowest BCUT2D eigenvalue weighted by molar-refractivity contribution is 0.00607. The summed E-state index contributed by atoms with van der Waals surface area (Å²) < 4.78 is 35.3. The highest BCUT2D eigenvalue weighted by Gasteiger charge is 2.29. The van der Waals surface area contributed by atoms with Crippen molar-refractivity contribution >= 4 is 16.0 Å². The Kier molecular flexibility index (Phi) is 4.59. The number of aromatic nitrogens is 2. The van der Waals surface area contributed by atoms with Gasteiger partial charge in [-0.1, -0.05) is 0 Å². The monoisotopic (exact) mass is 331 g/mol. The van der Waals surface area contributed by atoms with Crippen molar-refractivity contribution in [1.29, 1.82) is 0 Å². The van der Waals surface area contributed by atoms with Crippen LogP contribution in [0.15, 0.2) is 11.1 Å². The number of carbonyl (C=O) groups is 1. The summed E-state index contributed by atoms with van der Waals surface area (Å²) in [5.41, 5.74) is -0.758. The Hall–Kier alpha value is -1.45. The fourth-order valence-electron chi connectivity index (χ4n) is 2.21. The number of ether oxygens (including phenoxy) is 2. The summed E-state index contributed by atoms with van der Waals surface area (Å²) in [6.45, 7) is 6.19. The van der Waals surface area contributed by atoms with Gasteiger partial charge in [0.1, 0.15) is 5.60 Å². The number of sulfonamides is 1. The van der Waals surface area contributed by atoms with Crippen molar-refractivity contribution in [3.63, 3.8) is 0 Å². The smallest absolute Gasteiger partial charge is 0.359 e. The van der Waals surface area contributed by atoms with Crippen LogP contribution in [0.4, 0.5) is 0 Å². The molecule has 0 aliphatic carbocycles. The van der Waals surface area contributed by atoms with Gasteiger partial charge in [-0.15, -0.1) is 0 Å². The molecule has 0 atom stereocenters. The molecular weight excluding hydrogens is 310 g/mol. The minimum Gasteiger partial charge on any atom is -0.455 e. The molecule has 0 amide bonds. The first-order chi connectivity index (χ1) is 10.1. The van der Waals surface area contributed by atoms with Crippen molar-refractivity contribution in [3.05, 3.63) is 11.8 Å². The van der Waals surface area contributed by atoms with Crippen molar-refractivity contribution in [2.24, 2.45) is 5.14 Å². The molecule has 22 heavy (non-hydrogen) atoms. The topological polar surface area (TPSA) is 114 Å². The van der Waals surface area contributed by atoms with Crippen LogP contribution in [0.1, 0.15) is 50.1 Å². The molecule has 124 valence electrons. The van der Waals surface area contributed by atoms with Crippen molar-refractivity contribution in [2.45, 2.75) is 50.3 Å². The van der Waals surface area contributed by atoms with Gasteiger partial charge in [0.2, 0.25) is 0 Å². The summed E-state index contributed by atoms with van der Waals surface area (Å²) in [4.78, 5) is 12.1. The first-order valence-corrected chi connectivity index (χ1v) is 8.56. The molecule has 1 aliphatic heterocycles. The van der Waals surface area contributed by atoms with E-state index in [1.165, 1.54) is 10.7 Å². The third kappa shape index (κ3) is 4.05. The van der Waals surface area contributed by atoms with Gasteiger partial charge in [0.05, 0.1) is 6.04 Å². The molecule has 1 aliphatic rings. The number of rotatable bonds is 3. The summed E-state index contributed by atoms with van der Waals surface area (Å²) in [7, 11) is -3.99. The Morgan fingerprint density at radius 2 is 2.00 bits per heavy atom. The number of nitrogens with two attached hydrogens (primary N) is 1. The third-order valence-corrected chi connectivity index (χ3v) is 4.03. The summed E-state index contributed by atoms with van der Waals surface area (Å²) in [5, 5.41) is 9.16. The average Bonchev–Trinajstić information content (AvgIpc) is 2.82. The predicted molar refractivity (Wildman–Crippen MR) is 77.9 cm³/mol. The van der Waals surface area contributed by atoms with Crippen LogP contribution in [-0.4, -0.2) is 43.0 Å². The van der Waals surface area contributed by atoms with E-state index in [-0.39, 0.29) is 16.8 Å². The van der Waals surface area contributed by atoms with E-state index in [4.69, 9.17) is 14.6 Å². The van der Waals surface area contributed by atoms with Crippen LogP contribution in [-0.2, 0) is 19.5 Å². The molecule has 9 heteroatoms. The molecule has 1 aromatic rings. The van der Waals surface area contributed by atoms with Gasteiger partial charge in [-0.05, 0) is 33.6 Å². The van der Waals surface area contributed by atoms with Crippen LogP contribution in [0.5, 0.6) is 0 Å². The Morgan fingerprint density at radius 1 is 1.41 bits per heavy atom. The van der Waals surface area contributed by atoms with E-state index < -0.39 is 21.6 Å². The van der Waals surface area contributed by atoms with Crippen LogP contribution in [0.3, 0.4) is 0 Å². The lowest BCUT2D eigenvalue weighted by Gasteiger charge is -2.23. The lowest BCUT2D eigenvalue weighted by Crippen LogP contribution is -2.26. The van der Waals surface area contributed by atoms with E-state index in [0.717, 1.165) is 0 Å². The summed E-state index contributed by atoms with van der Waals surface area (Å²) >= 11 is 0. The highest BCUT2D eigenvalue weighted by Crippen LogP contribution is 2.25. The second kappa shape index (κ2) is 5.98. The molecule has 1 fully saturated rings. The van der Waals surface area contributed by atoms with Gasteiger partial charge in [-0.25, -0.2) is 23.0 Å². The number of nitrogens with zero attached hydrogens (tertiary/aromatic N) is 2. The molecule has 0 saturated carbocycles. The fraction of sp³-hybridized carbons (Fsp3) is 0.692. The molecule has 2 rings (SSSR count). The van der Waals surface area contributed by atoms with Crippen LogP contribution in [0.25, 0.3) is 0 Å². The van der Waals surface area contributed by atoms with Gasteiger partial charge in [0, 0.05) is 19.3 Å². The van der Waals surface area contributed by atoms with Gasteiger partial charge >= 0.3 is 5.97 Å². The number of carbonyl (C=O) groups excluding carboxylic acids is 1. The molecule has 2 heterocycles. The van der Waals surface area contributed by atoms with Crippen molar-refractivity contribution in [1.82, 2.24) is 9.78 Å². The Morgan fingerprint density at radius 3 is 2.50 bits per heavy atom. The molecule has 0 bridgehead atoms. The van der Waals surface area contributed by atoms with Crippen LogP contribution in [0.2, 0.25) is 0 Å². The van der Waals surface area contributed by atoms with Crippen molar-refractivity contribution in [2.75, 3.05) is 13.2 Å². The number of primary sulfonamides is 1. The molecule has 0 spiro atoms. The lowest BCUT2D eigenvalue weighted by atomic mass is 10.1. The number of esters is 1. The third-order valence-electron chi connectivity index (χ3n) is 3.14. The Labute approximate surface area is 129 Å². The average molecular weight is 331 g/mol. The normalized spacial score (nSPS) is 17.5. The minimum atomic E-state index is -3.99. The van der Waals surface area contributed by atoms with Gasteiger partial charge < -0.3 is 9.47 Å². The molecule has 0 aromatic carbocycles. The van der Waals surface area contributed by atoms with Crippen molar-refractivity contribution in [3.8, 4) is 0 Å². The zero-order chi connectivity index (χ0) is 16.5. The number of hydrogen-bond donors (Lipinski definition) is 1. The maximum atomic E-state index is 12.1. The summed E-state index contributed by atoms with van der Waals surface area (Å²) in [6.07, 6.45) is 1.22. The van der Waals surface area contributed by atoms with Gasteiger partial charge in [-0.2, -0.15) is 5.10 Å². The summed E-state index contributed by atoms with van der Waals surface area (Å²) in [6, 6.07) is 0.997. The largest absolute Gasteiger partial charge is 0.455 e. The second-order valence-corrected chi connectivity index (χ2v) is 7.71. The molecule has 1 saturated heterocycles. The minimum absolute atomic E-state index is 0.0644. The highest BCUT2D eigenvalue weighted by molar-refractivity contribution is 7.89. The van der Waals surface area contributed by atoms with Gasteiger partial charge in [-0.3, -0.25) is 0 Å².